The minimum atomic E-state index is -0.458. The van der Waals surface area contributed by atoms with Crippen molar-refractivity contribution in [3.8, 4) is 0 Å². The number of carbonyl (C=O) groups is 2. The van der Waals surface area contributed by atoms with Crippen molar-refractivity contribution in [2.45, 2.75) is 39.3 Å². The number of hydrogen-bond acceptors (Lipinski definition) is 3. The molecule has 0 aromatic rings. The maximum absolute atomic E-state index is 11.8. The van der Waals surface area contributed by atoms with Gasteiger partial charge >= 0.3 is 0 Å². The number of hydrogen-bond donors (Lipinski definition) is 3. The quantitative estimate of drug-likeness (QED) is 0.613. The molecule has 1 rings (SSSR count). The normalized spacial score (nSPS) is 26.2. The van der Waals surface area contributed by atoms with Gasteiger partial charge in [0.05, 0.1) is 5.92 Å². The third-order valence-corrected chi connectivity index (χ3v) is 2.97. The summed E-state index contributed by atoms with van der Waals surface area (Å²) >= 11 is 0. The third-order valence-electron chi connectivity index (χ3n) is 2.97. The fourth-order valence-electron chi connectivity index (χ4n) is 1.93. The van der Waals surface area contributed by atoms with Crippen molar-refractivity contribution in [1.29, 1.82) is 0 Å². The lowest BCUT2D eigenvalue weighted by Crippen LogP contribution is -2.48. The van der Waals surface area contributed by atoms with E-state index in [0.29, 0.717) is 6.54 Å². The Labute approximate surface area is 96.4 Å². The first kappa shape index (κ1) is 13.0. The Balaban J connectivity index is 2.41. The van der Waals surface area contributed by atoms with Crippen LogP contribution in [0.2, 0.25) is 0 Å². The smallest absolute Gasteiger partial charge is 0.242 e. The average Bonchev–Trinajstić information content (AvgIpc) is 2.64. The van der Waals surface area contributed by atoms with Crippen molar-refractivity contribution in [1.82, 2.24) is 16.0 Å². The first-order valence-corrected chi connectivity index (χ1v) is 5.87. The zero-order chi connectivity index (χ0) is 12.1. The van der Waals surface area contributed by atoms with Crippen LogP contribution in [0.4, 0.5) is 0 Å². The van der Waals surface area contributed by atoms with Crippen molar-refractivity contribution < 1.29 is 9.59 Å². The molecule has 0 radical (unpaired) electrons. The minimum Gasteiger partial charge on any atom is -0.355 e. The average molecular weight is 227 g/mol. The minimum absolute atomic E-state index is 0.0168. The molecule has 0 spiro atoms. The summed E-state index contributed by atoms with van der Waals surface area (Å²) in [6.07, 6.45) is 0.842. The molecule has 0 bridgehead atoms. The van der Waals surface area contributed by atoms with Gasteiger partial charge < -0.3 is 16.0 Å². The molecule has 3 unspecified atom stereocenters. The van der Waals surface area contributed by atoms with Gasteiger partial charge in [-0.3, -0.25) is 9.59 Å². The van der Waals surface area contributed by atoms with Crippen LogP contribution in [0.1, 0.15) is 27.2 Å². The SMILES string of the molecule is CCNC(=O)C(C)NC(=O)C1CCNC1C. The molecule has 3 N–H and O–H groups in total. The van der Waals surface area contributed by atoms with E-state index in [9.17, 15) is 9.59 Å². The van der Waals surface area contributed by atoms with Gasteiger partial charge in [0.1, 0.15) is 6.04 Å². The molecule has 0 aromatic heterocycles. The molecule has 92 valence electrons. The van der Waals surface area contributed by atoms with Crippen LogP contribution in [-0.2, 0) is 9.59 Å². The van der Waals surface area contributed by atoms with E-state index < -0.39 is 6.04 Å². The summed E-state index contributed by atoms with van der Waals surface area (Å²) in [7, 11) is 0. The summed E-state index contributed by atoms with van der Waals surface area (Å²) in [4.78, 5) is 23.3. The molecular weight excluding hydrogens is 206 g/mol. The Hall–Kier alpha value is -1.10. The predicted octanol–water partition coefficient (Wildman–Crippen LogP) is -0.375. The number of likely N-dealkylation sites (N-methyl/N-ethyl adjacent to an activating group) is 1. The highest BCUT2D eigenvalue weighted by Gasteiger charge is 2.30. The Morgan fingerprint density at radius 2 is 2.19 bits per heavy atom. The van der Waals surface area contributed by atoms with E-state index in [4.69, 9.17) is 0 Å². The van der Waals surface area contributed by atoms with Gasteiger partial charge in [-0.2, -0.15) is 0 Å². The van der Waals surface area contributed by atoms with E-state index in [0.717, 1.165) is 13.0 Å². The van der Waals surface area contributed by atoms with Crippen LogP contribution in [0.25, 0.3) is 0 Å². The number of nitrogens with one attached hydrogen (secondary N) is 3. The van der Waals surface area contributed by atoms with Gasteiger partial charge in [-0.05, 0) is 33.7 Å². The molecule has 5 heteroatoms. The second-order valence-electron chi connectivity index (χ2n) is 4.26. The van der Waals surface area contributed by atoms with Crippen LogP contribution in [0, 0.1) is 5.92 Å². The lowest BCUT2D eigenvalue weighted by atomic mass is 10.0. The van der Waals surface area contributed by atoms with Gasteiger partial charge in [-0.15, -0.1) is 0 Å². The highest BCUT2D eigenvalue weighted by molar-refractivity contribution is 5.88. The molecule has 1 aliphatic heterocycles. The highest BCUT2D eigenvalue weighted by atomic mass is 16.2. The van der Waals surface area contributed by atoms with E-state index in [1.165, 1.54) is 0 Å². The summed E-state index contributed by atoms with van der Waals surface area (Å²) < 4.78 is 0. The molecular formula is C11H21N3O2. The zero-order valence-corrected chi connectivity index (χ0v) is 10.2. The molecule has 3 atom stereocenters. The fraction of sp³-hybridized carbons (Fsp3) is 0.818. The van der Waals surface area contributed by atoms with Gasteiger partial charge in [0.15, 0.2) is 0 Å². The Bertz CT molecular complexity index is 268. The maximum Gasteiger partial charge on any atom is 0.242 e. The summed E-state index contributed by atoms with van der Waals surface area (Å²) in [6, 6.07) is -0.262. The molecule has 1 fully saturated rings. The van der Waals surface area contributed by atoms with E-state index in [-0.39, 0.29) is 23.8 Å². The first-order chi connectivity index (χ1) is 7.56. The largest absolute Gasteiger partial charge is 0.355 e. The molecule has 5 nitrogen and oxygen atoms in total. The summed E-state index contributed by atoms with van der Waals surface area (Å²) in [5.74, 6) is -0.178. The maximum atomic E-state index is 11.8. The van der Waals surface area contributed by atoms with Crippen LogP contribution >= 0.6 is 0 Å². The fourth-order valence-corrected chi connectivity index (χ4v) is 1.93. The lowest BCUT2D eigenvalue weighted by molar-refractivity contribution is -0.130. The lowest BCUT2D eigenvalue weighted by Gasteiger charge is -2.18. The van der Waals surface area contributed by atoms with Crippen molar-refractivity contribution in [3.05, 3.63) is 0 Å². The van der Waals surface area contributed by atoms with E-state index >= 15 is 0 Å². The molecule has 16 heavy (non-hydrogen) atoms. The molecule has 1 saturated heterocycles. The van der Waals surface area contributed by atoms with Crippen molar-refractivity contribution in [2.75, 3.05) is 13.1 Å². The van der Waals surface area contributed by atoms with Crippen molar-refractivity contribution in [3.63, 3.8) is 0 Å². The van der Waals surface area contributed by atoms with Gasteiger partial charge in [-0.25, -0.2) is 0 Å². The van der Waals surface area contributed by atoms with Crippen LogP contribution in [0.5, 0.6) is 0 Å². The third kappa shape index (κ3) is 3.20. The molecule has 2 amide bonds. The number of amides is 2. The number of carbonyl (C=O) groups excluding carboxylic acids is 2. The second-order valence-corrected chi connectivity index (χ2v) is 4.26. The van der Waals surface area contributed by atoms with Gasteiger partial charge in [0, 0.05) is 12.6 Å². The monoisotopic (exact) mass is 227 g/mol. The standard InChI is InChI=1S/C11H21N3O2/c1-4-12-10(15)8(3)14-11(16)9-5-6-13-7(9)2/h7-9,13H,4-6H2,1-3H3,(H,12,15)(H,14,16). The van der Waals surface area contributed by atoms with Crippen LogP contribution < -0.4 is 16.0 Å². The molecule has 0 aliphatic carbocycles. The highest BCUT2D eigenvalue weighted by Crippen LogP contribution is 2.15. The molecule has 0 saturated carbocycles. The number of rotatable bonds is 4. The second kappa shape index (κ2) is 5.84. The zero-order valence-electron chi connectivity index (χ0n) is 10.2. The van der Waals surface area contributed by atoms with Gasteiger partial charge in [0.2, 0.25) is 11.8 Å². The van der Waals surface area contributed by atoms with E-state index in [1.807, 2.05) is 13.8 Å². The Morgan fingerprint density at radius 1 is 1.50 bits per heavy atom. The first-order valence-electron chi connectivity index (χ1n) is 5.87. The van der Waals surface area contributed by atoms with Crippen molar-refractivity contribution in [2.24, 2.45) is 5.92 Å². The summed E-state index contributed by atoms with van der Waals surface area (Å²) in [6.45, 7) is 7.01. The topological polar surface area (TPSA) is 70.2 Å². The van der Waals surface area contributed by atoms with E-state index in [1.54, 1.807) is 6.92 Å². The van der Waals surface area contributed by atoms with Gasteiger partial charge in [0.25, 0.3) is 0 Å². The Kier molecular flexibility index (Phi) is 4.73. The van der Waals surface area contributed by atoms with Crippen LogP contribution in [-0.4, -0.2) is 37.0 Å². The van der Waals surface area contributed by atoms with Crippen LogP contribution in [0.3, 0.4) is 0 Å². The van der Waals surface area contributed by atoms with Gasteiger partial charge in [-0.1, -0.05) is 0 Å². The van der Waals surface area contributed by atoms with Crippen LogP contribution in [0.15, 0.2) is 0 Å². The molecule has 1 aliphatic rings. The molecule has 0 aromatic carbocycles. The summed E-state index contributed by atoms with van der Waals surface area (Å²) in [5, 5.41) is 8.65. The summed E-state index contributed by atoms with van der Waals surface area (Å²) in [5.41, 5.74) is 0. The predicted molar refractivity (Wildman–Crippen MR) is 61.9 cm³/mol. The Morgan fingerprint density at radius 3 is 2.69 bits per heavy atom. The molecule has 1 heterocycles. The van der Waals surface area contributed by atoms with Crippen molar-refractivity contribution >= 4 is 11.8 Å². The van der Waals surface area contributed by atoms with E-state index in [2.05, 4.69) is 16.0 Å².